The molecule has 2 amide bonds. The van der Waals surface area contributed by atoms with Gasteiger partial charge in [-0.05, 0) is 43.5 Å². The lowest BCUT2D eigenvalue weighted by molar-refractivity contribution is -0.113. The summed E-state index contributed by atoms with van der Waals surface area (Å²) in [6.07, 6.45) is 0.643. The van der Waals surface area contributed by atoms with Crippen LogP contribution in [0.2, 0.25) is 5.02 Å². The molecule has 9 nitrogen and oxygen atoms in total. The first-order valence-corrected chi connectivity index (χ1v) is 13.2. The van der Waals surface area contributed by atoms with Crippen LogP contribution in [0.5, 0.6) is 0 Å². The Bertz CT molecular complexity index is 1260. The molecule has 0 spiro atoms. The van der Waals surface area contributed by atoms with Crippen molar-refractivity contribution < 1.29 is 19.1 Å². The van der Waals surface area contributed by atoms with E-state index in [1.54, 1.807) is 48.5 Å². The van der Waals surface area contributed by atoms with E-state index in [2.05, 4.69) is 34.7 Å². The van der Waals surface area contributed by atoms with Crippen LogP contribution < -0.4 is 10.6 Å². The Labute approximate surface area is 225 Å². The fraction of sp³-hybridized carbons (Fsp3) is 0.346. The lowest BCUT2D eigenvalue weighted by Gasteiger charge is -2.21. The summed E-state index contributed by atoms with van der Waals surface area (Å²) >= 11 is 7.44. The number of anilines is 1. The molecule has 3 aromatic rings. The molecule has 0 radical (unpaired) electrons. The molecule has 0 aliphatic rings. The minimum absolute atomic E-state index is 0.0501. The number of halogens is 1. The predicted octanol–water partition coefficient (Wildman–Crippen LogP) is 4.99. The maximum atomic E-state index is 13.0. The van der Waals surface area contributed by atoms with Gasteiger partial charge in [-0.1, -0.05) is 61.5 Å². The second-order valence-electron chi connectivity index (χ2n) is 8.59. The van der Waals surface area contributed by atoms with Crippen LogP contribution in [0.15, 0.2) is 53.7 Å². The number of methoxy groups -OCH3 is 1. The smallest absolute Gasteiger partial charge is 0.339 e. The number of para-hydroxylation sites is 1. The molecule has 2 N–H and O–H groups in total. The molecule has 1 atom stereocenters. The third-order valence-corrected chi connectivity index (χ3v) is 6.74. The second-order valence-corrected chi connectivity index (χ2v) is 9.94. The van der Waals surface area contributed by atoms with Gasteiger partial charge in [0.25, 0.3) is 5.91 Å². The number of nitrogens with zero attached hydrogens (tertiary/aromatic N) is 3. The molecule has 2 aromatic carbocycles. The fourth-order valence-corrected chi connectivity index (χ4v) is 4.77. The van der Waals surface area contributed by atoms with Crippen molar-refractivity contribution in [1.29, 1.82) is 0 Å². The average molecular weight is 544 g/mol. The van der Waals surface area contributed by atoms with Gasteiger partial charge >= 0.3 is 5.97 Å². The maximum Gasteiger partial charge on any atom is 0.339 e. The molecular weight excluding hydrogens is 514 g/mol. The van der Waals surface area contributed by atoms with E-state index in [4.69, 9.17) is 16.3 Å². The molecule has 196 valence electrons. The Balaban J connectivity index is 1.75. The number of carbonyl (C=O) groups excluding carboxylic acids is 3. The van der Waals surface area contributed by atoms with Gasteiger partial charge in [0, 0.05) is 6.54 Å². The first kappa shape index (κ1) is 28.2. The van der Waals surface area contributed by atoms with E-state index in [9.17, 15) is 14.4 Å². The van der Waals surface area contributed by atoms with Gasteiger partial charge in [0.2, 0.25) is 5.91 Å². The number of esters is 1. The molecule has 3 rings (SSSR count). The van der Waals surface area contributed by atoms with E-state index in [1.165, 1.54) is 18.9 Å². The van der Waals surface area contributed by atoms with Crippen molar-refractivity contribution >= 4 is 46.8 Å². The summed E-state index contributed by atoms with van der Waals surface area (Å²) in [5.74, 6) is -0.201. The van der Waals surface area contributed by atoms with Crippen molar-refractivity contribution in [2.45, 2.75) is 44.9 Å². The largest absolute Gasteiger partial charge is 0.465 e. The summed E-state index contributed by atoms with van der Waals surface area (Å²) in [5, 5.41) is 15.4. The van der Waals surface area contributed by atoms with Crippen molar-refractivity contribution in [2.75, 3.05) is 18.2 Å². The number of rotatable bonds is 11. The van der Waals surface area contributed by atoms with Crippen LogP contribution in [-0.2, 0) is 16.1 Å². The van der Waals surface area contributed by atoms with Gasteiger partial charge in [-0.15, -0.1) is 10.2 Å². The van der Waals surface area contributed by atoms with Gasteiger partial charge < -0.3 is 19.9 Å². The van der Waals surface area contributed by atoms with Crippen LogP contribution in [0.4, 0.5) is 5.69 Å². The lowest BCUT2D eigenvalue weighted by Crippen LogP contribution is -2.31. The Morgan fingerprint density at radius 1 is 1.05 bits per heavy atom. The van der Waals surface area contributed by atoms with Crippen LogP contribution >= 0.6 is 23.4 Å². The molecule has 37 heavy (non-hydrogen) atoms. The lowest BCUT2D eigenvalue weighted by atomic mass is 10.0. The van der Waals surface area contributed by atoms with Crippen molar-refractivity contribution in [1.82, 2.24) is 20.1 Å². The van der Waals surface area contributed by atoms with Gasteiger partial charge in [-0.2, -0.15) is 0 Å². The van der Waals surface area contributed by atoms with Gasteiger partial charge in [-0.25, -0.2) is 4.79 Å². The fourth-order valence-electron chi connectivity index (χ4n) is 3.74. The molecule has 0 saturated heterocycles. The highest BCUT2D eigenvalue weighted by atomic mass is 35.5. The Morgan fingerprint density at radius 3 is 2.38 bits per heavy atom. The summed E-state index contributed by atoms with van der Waals surface area (Å²) in [7, 11) is 1.29. The number of nitrogens with one attached hydrogen (secondary N) is 2. The number of ether oxygens (including phenoxy) is 1. The molecule has 1 aromatic heterocycles. The molecule has 1 heterocycles. The SMILES string of the molecule is CCn1c(SCC(=O)Nc2ccccc2C(=O)OC)nnc1[C@H](CC(C)C)NC(=O)c1ccccc1Cl. The number of hydrogen-bond acceptors (Lipinski definition) is 7. The Morgan fingerprint density at radius 2 is 1.73 bits per heavy atom. The van der Waals surface area contributed by atoms with Gasteiger partial charge in [0.1, 0.15) is 0 Å². The van der Waals surface area contributed by atoms with Crippen LogP contribution in [0.1, 0.15) is 59.8 Å². The van der Waals surface area contributed by atoms with Crippen molar-refractivity contribution in [3.63, 3.8) is 0 Å². The van der Waals surface area contributed by atoms with Crippen LogP contribution in [0.3, 0.4) is 0 Å². The minimum Gasteiger partial charge on any atom is -0.465 e. The summed E-state index contributed by atoms with van der Waals surface area (Å²) in [5.41, 5.74) is 1.03. The maximum absolute atomic E-state index is 13.0. The molecule has 11 heteroatoms. The number of carbonyl (C=O) groups is 3. The van der Waals surface area contributed by atoms with Gasteiger partial charge in [-0.3, -0.25) is 9.59 Å². The van der Waals surface area contributed by atoms with Crippen molar-refractivity contribution in [3.05, 3.63) is 70.5 Å². The summed E-state index contributed by atoms with van der Waals surface area (Å²) in [6.45, 7) is 6.63. The van der Waals surface area contributed by atoms with Crippen LogP contribution in [-0.4, -0.2) is 45.4 Å². The molecule has 0 unspecified atom stereocenters. The van der Waals surface area contributed by atoms with E-state index >= 15 is 0 Å². The van der Waals surface area contributed by atoms with Crippen LogP contribution in [0, 0.1) is 5.92 Å². The van der Waals surface area contributed by atoms with Gasteiger partial charge in [0.15, 0.2) is 11.0 Å². The summed E-state index contributed by atoms with van der Waals surface area (Å²) in [6, 6.07) is 13.1. The zero-order valence-electron chi connectivity index (χ0n) is 21.2. The summed E-state index contributed by atoms with van der Waals surface area (Å²) < 4.78 is 6.67. The van der Waals surface area contributed by atoms with Crippen molar-refractivity contribution in [3.8, 4) is 0 Å². The van der Waals surface area contributed by atoms with E-state index in [0.29, 0.717) is 40.2 Å². The zero-order chi connectivity index (χ0) is 26.9. The Hall–Kier alpha value is -3.37. The quantitative estimate of drug-likeness (QED) is 0.259. The van der Waals surface area contributed by atoms with Crippen LogP contribution in [0.25, 0.3) is 0 Å². The highest BCUT2D eigenvalue weighted by molar-refractivity contribution is 7.99. The van der Waals surface area contributed by atoms with Crippen molar-refractivity contribution in [2.24, 2.45) is 5.92 Å². The van der Waals surface area contributed by atoms with E-state index in [0.717, 1.165) is 0 Å². The number of thioether (sulfide) groups is 1. The number of amides is 2. The zero-order valence-corrected chi connectivity index (χ0v) is 22.7. The third kappa shape index (κ3) is 7.33. The minimum atomic E-state index is -0.533. The van der Waals surface area contributed by atoms with Gasteiger partial charge in [0.05, 0.1) is 40.7 Å². The highest BCUT2D eigenvalue weighted by Gasteiger charge is 2.25. The molecule has 0 saturated carbocycles. The number of benzene rings is 2. The average Bonchev–Trinajstić information content (AvgIpc) is 3.29. The molecular formula is C26H30ClN5O4S. The normalized spacial score (nSPS) is 11.7. The molecule has 0 aliphatic heterocycles. The standard InChI is InChI=1S/C26H30ClN5O4S/c1-5-32-23(21(14-16(2)3)29-24(34)17-10-6-8-12-19(17)27)30-31-26(32)37-15-22(33)28-20-13-9-7-11-18(20)25(35)36-4/h6-13,16,21H,5,14-15H2,1-4H3,(H,28,33)(H,29,34)/t21-/m0/s1. The molecule has 0 bridgehead atoms. The second kappa shape index (κ2) is 13.3. The number of hydrogen-bond donors (Lipinski definition) is 2. The highest BCUT2D eigenvalue weighted by Crippen LogP contribution is 2.26. The monoisotopic (exact) mass is 543 g/mol. The first-order valence-electron chi connectivity index (χ1n) is 11.8. The van der Waals surface area contributed by atoms with E-state index in [-0.39, 0.29) is 29.0 Å². The number of aromatic nitrogens is 3. The first-order chi connectivity index (χ1) is 17.7. The summed E-state index contributed by atoms with van der Waals surface area (Å²) in [4.78, 5) is 37.6. The predicted molar refractivity (Wildman–Crippen MR) is 144 cm³/mol. The third-order valence-electron chi connectivity index (χ3n) is 5.44. The van der Waals surface area contributed by atoms with E-state index in [1.807, 2.05) is 11.5 Å². The topological polar surface area (TPSA) is 115 Å². The van der Waals surface area contributed by atoms with E-state index < -0.39 is 12.0 Å². The molecule has 0 aliphatic carbocycles. The Kier molecular flexibility index (Phi) is 10.1. The molecule has 0 fully saturated rings.